The molecule has 93 valence electrons. The number of likely N-dealkylation sites (tertiary alicyclic amines) is 1. The molecule has 1 saturated heterocycles. The lowest BCUT2D eigenvalue weighted by Gasteiger charge is -2.31. The molecule has 0 aliphatic carbocycles. The zero-order valence-electron chi connectivity index (χ0n) is 10.4. The standard InChI is InChI=1S/C14H22N3/c15-7-1-13-4-10-17(11-5-13)12-6-14-2-8-16-9-3-14/h2-3,8-9,13,15H,1,4-7,10-12H2. The van der Waals surface area contributed by atoms with E-state index in [4.69, 9.17) is 5.73 Å². The minimum Gasteiger partial charge on any atom is -0.303 e. The summed E-state index contributed by atoms with van der Waals surface area (Å²) in [6, 6.07) is 4.21. The topological polar surface area (TPSA) is 39.9 Å². The van der Waals surface area contributed by atoms with Crippen LogP contribution in [0.5, 0.6) is 0 Å². The summed E-state index contributed by atoms with van der Waals surface area (Å²) in [7, 11) is 0. The van der Waals surface area contributed by atoms with Crippen LogP contribution in [0.15, 0.2) is 24.5 Å². The highest BCUT2D eigenvalue weighted by Gasteiger charge is 2.17. The molecule has 1 aliphatic rings. The first-order valence-corrected chi connectivity index (χ1v) is 6.64. The highest BCUT2D eigenvalue weighted by Crippen LogP contribution is 2.19. The van der Waals surface area contributed by atoms with Crippen molar-refractivity contribution < 1.29 is 0 Å². The van der Waals surface area contributed by atoms with E-state index < -0.39 is 0 Å². The van der Waals surface area contributed by atoms with E-state index in [9.17, 15) is 0 Å². The second kappa shape index (κ2) is 6.72. The molecule has 2 rings (SSSR count). The summed E-state index contributed by atoms with van der Waals surface area (Å²) >= 11 is 0. The molecule has 1 aliphatic heterocycles. The van der Waals surface area contributed by atoms with Crippen LogP contribution in [-0.4, -0.2) is 36.1 Å². The van der Waals surface area contributed by atoms with E-state index in [-0.39, 0.29) is 0 Å². The lowest BCUT2D eigenvalue weighted by atomic mass is 9.93. The first kappa shape index (κ1) is 12.5. The number of rotatable bonds is 5. The van der Waals surface area contributed by atoms with Gasteiger partial charge in [0.25, 0.3) is 0 Å². The molecular formula is C14H22N3. The van der Waals surface area contributed by atoms with Crippen molar-refractivity contribution in [2.24, 2.45) is 5.92 Å². The summed E-state index contributed by atoms with van der Waals surface area (Å²) in [6.07, 6.45) is 8.54. The maximum absolute atomic E-state index is 7.26. The summed E-state index contributed by atoms with van der Waals surface area (Å²) in [5.41, 5.74) is 8.65. The van der Waals surface area contributed by atoms with Gasteiger partial charge in [-0.1, -0.05) is 0 Å². The summed E-state index contributed by atoms with van der Waals surface area (Å²) in [4.78, 5) is 6.60. The molecule has 0 aromatic carbocycles. The number of nitrogens with one attached hydrogen (secondary N) is 1. The van der Waals surface area contributed by atoms with E-state index in [1.165, 1.54) is 31.5 Å². The molecule has 1 aromatic rings. The smallest absolute Gasteiger partial charge is 0.0270 e. The van der Waals surface area contributed by atoms with Gasteiger partial charge >= 0.3 is 0 Å². The lowest BCUT2D eigenvalue weighted by molar-refractivity contribution is 0.182. The highest BCUT2D eigenvalue weighted by atomic mass is 15.1. The number of aromatic nitrogens is 1. The molecule has 0 bridgehead atoms. The Balaban J connectivity index is 1.68. The SMILES string of the molecule is [NH]CCC1CCN(CCc2ccncc2)CC1. The van der Waals surface area contributed by atoms with Crippen LogP contribution >= 0.6 is 0 Å². The highest BCUT2D eigenvalue weighted by molar-refractivity contribution is 5.09. The molecule has 1 fully saturated rings. The number of piperidine rings is 1. The van der Waals surface area contributed by atoms with Crippen LogP contribution in [0.4, 0.5) is 0 Å². The Kier molecular flexibility index (Phi) is 4.95. The molecule has 0 amide bonds. The van der Waals surface area contributed by atoms with Crippen LogP contribution in [-0.2, 0) is 6.42 Å². The molecule has 0 saturated carbocycles. The summed E-state index contributed by atoms with van der Waals surface area (Å²) in [5, 5.41) is 0. The van der Waals surface area contributed by atoms with Gasteiger partial charge in [0.15, 0.2) is 0 Å². The van der Waals surface area contributed by atoms with E-state index >= 15 is 0 Å². The van der Waals surface area contributed by atoms with E-state index in [1.54, 1.807) is 0 Å². The Labute approximate surface area is 104 Å². The van der Waals surface area contributed by atoms with Gasteiger partial charge in [0.05, 0.1) is 0 Å². The summed E-state index contributed by atoms with van der Waals surface area (Å²) < 4.78 is 0. The zero-order chi connectivity index (χ0) is 11.9. The number of pyridine rings is 1. The van der Waals surface area contributed by atoms with Crippen LogP contribution in [0.3, 0.4) is 0 Å². The Morgan fingerprint density at radius 2 is 1.94 bits per heavy atom. The van der Waals surface area contributed by atoms with Crippen molar-refractivity contribution in [1.82, 2.24) is 15.6 Å². The minimum absolute atomic E-state index is 0.599. The fourth-order valence-electron chi connectivity index (χ4n) is 2.54. The van der Waals surface area contributed by atoms with Gasteiger partial charge in [-0.25, -0.2) is 0 Å². The molecular weight excluding hydrogens is 210 g/mol. The molecule has 17 heavy (non-hydrogen) atoms. The molecule has 1 N–H and O–H groups in total. The van der Waals surface area contributed by atoms with E-state index in [1.807, 2.05) is 12.4 Å². The Hall–Kier alpha value is -0.930. The first-order valence-electron chi connectivity index (χ1n) is 6.64. The summed E-state index contributed by atoms with van der Waals surface area (Å²) in [6.45, 7) is 4.20. The predicted octanol–water partition coefficient (Wildman–Crippen LogP) is 2.01. The van der Waals surface area contributed by atoms with Crippen molar-refractivity contribution in [3.8, 4) is 0 Å². The van der Waals surface area contributed by atoms with E-state index in [2.05, 4.69) is 22.0 Å². The molecule has 0 spiro atoms. The Morgan fingerprint density at radius 3 is 2.59 bits per heavy atom. The van der Waals surface area contributed by atoms with Gasteiger partial charge in [-0.05, 0) is 62.4 Å². The Bertz CT molecular complexity index is 305. The van der Waals surface area contributed by atoms with Gasteiger partial charge in [0.2, 0.25) is 0 Å². The van der Waals surface area contributed by atoms with Gasteiger partial charge in [0.1, 0.15) is 0 Å². The van der Waals surface area contributed by atoms with Crippen LogP contribution in [0.2, 0.25) is 0 Å². The second-order valence-corrected chi connectivity index (χ2v) is 4.93. The third kappa shape index (κ3) is 4.10. The fraction of sp³-hybridized carbons (Fsp3) is 0.643. The summed E-state index contributed by atoms with van der Waals surface area (Å²) in [5.74, 6) is 0.810. The predicted molar refractivity (Wildman–Crippen MR) is 69.7 cm³/mol. The van der Waals surface area contributed by atoms with Crippen LogP contribution in [0.1, 0.15) is 24.8 Å². The normalized spacial score (nSPS) is 18.4. The lowest BCUT2D eigenvalue weighted by Crippen LogP contribution is -2.35. The van der Waals surface area contributed by atoms with Gasteiger partial charge in [-0.15, -0.1) is 0 Å². The first-order chi connectivity index (χ1) is 8.38. The molecule has 2 heterocycles. The largest absolute Gasteiger partial charge is 0.303 e. The second-order valence-electron chi connectivity index (χ2n) is 4.93. The minimum atomic E-state index is 0.599. The van der Waals surface area contributed by atoms with Gasteiger partial charge < -0.3 is 4.90 Å². The molecule has 1 radical (unpaired) electrons. The monoisotopic (exact) mass is 232 g/mol. The van der Waals surface area contributed by atoms with Crippen molar-refractivity contribution in [3.05, 3.63) is 30.1 Å². The van der Waals surface area contributed by atoms with Gasteiger partial charge in [0, 0.05) is 25.5 Å². The number of hydrogen-bond donors (Lipinski definition) is 0. The zero-order valence-corrected chi connectivity index (χ0v) is 10.4. The van der Waals surface area contributed by atoms with Gasteiger partial charge in [-0.2, -0.15) is 0 Å². The molecule has 0 unspecified atom stereocenters. The van der Waals surface area contributed by atoms with Gasteiger partial charge in [-0.3, -0.25) is 10.7 Å². The third-order valence-electron chi connectivity index (χ3n) is 3.73. The number of nitrogens with zero attached hydrogens (tertiary/aromatic N) is 2. The Morgan fingerprint density at radius 1 is 1.24 bits per heavy atom. The third-order valence-corrected chi connectivity index (χ3v) is 3.73. The average molecular weight is 232 g/mol. The number of hydrogen-bond acceptors (Lipinski definition) is 2. The van der Waals surface area contributed by atoms with Crippen LogP contribution in [0, 0.1) is 5.92 Å². The van der Waals surface area contributed by atoms with Crippen molar-refractivity contribution in [3.63, 3.8) is 0 Å². The maximum atomic E-state index is 7.26. The maximum Gasteiger partial charge on any atom is 0.0270 e. The van der Waals surface area contributed by atoms with E-state index in [0.717, 1.165) is 25.3 Å². The van der Waals surface area contributed by atoms with Crippen LogP contribution in [0.25, 0.3) is 0 Å². The molecule has 3 heteroatoms. The quantitative estimate of drug-likeness (QED) is 0.779. The van der Waals surface area contributed by atoms with Crippen LogP contribution < -0.4 is 5.73 Å². The molecule has 3 nitrogen and oxygen atoms in total. The van der Waals surface area contributed by atoms with E-state index in [0.29, 0.717) is 6.54 Å². The van der Waals surface area contributed by atoms with Crippen molar-refractivity contribution in [2.75, 3.05) is 26.2 Å². The average Bonchev–Trinajstić information content (AvgIpc) is 2.40. The van der Waals surface area contributed by atoms with Crippen molar-refractivity contribution in [2.45, 2.75) is 25.7 Å². The van der Waals surface area contributed by atoms with Crippen molar-refractivity contribution in [1.29, 1.82) is 0 Å². The molecule has 1 aromatic heterocycles. The van der Waals surface area contributed by atoms with Crippen molar-refractivity contribution >= 4 is 0 Å². The fourth-order valence-corrected chi connectivity index (χ4v) is 2.54. The molecule has 0 atom stereocenters.